The number of amides is 1. The third kappa shape index (κ3) is 5.99. The van der Waals surface area contributed by atoms with Crippen molar-refractivity contribution in [2.24, 2.45) is 0 Å². The fourth-order valence-electron chi connectivity index (χ4n) is 4.52. The maximum absolute atomic E-state index is 11.9. The minimum absolute atomic E-state index is 0.381. The van der Waals surface area contributed by atoms with Gasteiger partial charge in [-0.25, -0.2) is 4.79 Å². The molecule has 2 heterocycles. The Morgan fingerprint density at radius 1 is 1.11 bits per heavy atom. The summed E-state index contributed by atoms with van der Waals surface area (Å²) in [5.74, 6) is 0.804. The molecule has 1 saturated heterocycles. The second-order valence-corrected chi connectivity index (χ2v) is 8.75. The van der Waals surface area contributed by atoms with Crippen LogP contribution in [0.25, 0.3) is 22.2 Å². The summed E-state index contributed by atoms with van der Waals surface area (Å²) < 4.78 is 18.7. The van der Waals surface area contributed by atoms with Crippen LogP contribution in [0.2, 0.25) is 0 Å². The molecular formula is C28H34N4O4. The molecule has 0 aliphatic carbocycles. The molecule has 2 aromatic carbocycles. The van der Waals surface area contributed by atoms with Crippen LogP contribution in [0, 0.1) is 11.3 Å². The quantitative estimate of drug-likeness (QED) is 0.390. The minimum atomic E-state index is -0.470. The van der Waals surface area contributed by atoms with Crippen LogP contribution in [0.5, 0.6) is 5.75 Å². The number of carbonyl (C=O) groups is 1. The Balaban J connectivity index is 1.51. The van der Waals surface area contributed by atoms with Crippen molar-refractivity contribution in [3.8, 4) is 23.1 Å². The van der Waals surface area contributed by atoms with E-state index in [1.165, 1.54) is 0 Å². The fraction of sp³-hybridized carbons (Fsp3) is 0.429. The van der Waals surface area contributed by atoms with Gasteiger partial charge in [0.15, 0.2) is 0 Å². The summed E-state index contributed by atoms with van der Waals surface area (Å²) in [4.78, 5) is 14.3. The molecule has 0 bridgehead atoms. The Kier molecular flexibility index (Phi) is 8.82. The lowest BCUT2D eigenvalue weighted by atomic mass is 10.1. The van der Waals surface area contributed by atoms with Gasteiger partial charge in [0, 0.05) is 43.3 Å². The topological polar surface area (TPSA) is 88.8 Å². The maximum Gasteiger partial charge on any atom is 0.411 e. The Morgan fingerprint density at radius 3 is 2.58 bits per heavy atom. The molecule has 1 aromatic heterocycles. The predicted octanol–water partition coefficient (Wildman–Crippen LogP) is 5.26. The zero-order valence-electron chi connectivity index (χ0n) is 21.1. The molecule has 3 aromatic rings. The Bertz CT molecular complexity index is 1210. The maximum atomic E-state index is 11.9. The number of nitrogens with zero attached hydrogens (tertiary/aromatic N) is 3. The summed E-state index contributed by atoms with van der Waals surface area (Å²) in [6.45, 7) is 10.3. The lowest BCUT2D eigenvalue weighted by Crippen LogP contribution is -2.37. The van der Waals surface area contributed by atoms with E-state index >= 15 is 0 Å². The van der Waals surface area contributed by atoms with Gasteiger partial charge in [-0.2, -0.15) is 5.26 Å². The van der Waals surface area contributed by atoms with E-state index in [9.17, 15) is 10.1 Å². The van der Waals surface area contributed by atoms with E-state index < -0.39 is 6.09 Å². The molecule has 8 heteroatoms. The van der Waals surface area contributed by atoms with Crippen molar-refractivity contribution < 1.29 is 19.0 Å². The van der Waals surface area contributed by atoms with Gasteiger partial charge in [-0.05, 0) is 49.6 Å². The van der Waals surface area contributed by atoms with E-state index in [0.717, 1.165) is 73.6 Å². The minimum Gasteiger partial charge on any atom is -0.493 e. The molecule has 8 nitrogen and oxygen atoms in total. The molecule has 0 spiro atoms. The molecule has 36 heavy (non-hydrogen) atoms. The van der Waals surface area contributed by atoms with Gasteiger partial charge in [-0.15, -0.1) is 0 Å². The molecule has 0 saturated carbocycles. The number of rotatable bonds is 10. The van der Waals surface area contributed by atoms with Gasteiger partial charge in [0.25, 0.3) is 0 Å². The number of anilines is 1. The highest BCUT2D eigenvalue weighted by atomic mass is 16.5. The summed E-state index contributed by atoms with van der Waals surface area (Å²) in [7, 11) is 0. The molecule has 1 N–H and O–H groups in total. The third-order valence-corrected chi connectivity index (χ3v) is 6.30. The standard InChI is InChI=1S/C28H34N4O4/c1-3-15-36-28(33)30-22-8-6-21(7-9-22)27-25(20-29)24-11-10-23(19-26(24)32(27)4-2)35-16-5-12-31-13-17-34-18-14-31/h6-11,19H,3-5,12-18H2,1-2H3,(H,30,33). The van der Waals surface area contributed by atoms with Crippen molar-refractivity contribution in [2.45, 2.75) is 33.2 Å². The van der Waals surface area contributed by atoms with Crippen molar-refractivity contribution in [3.63, 3.8) is 0 Å². The number of hydrogen-bond acceptors (Lipinski definition) is 6. The molecule has 1 aliphatic heterocycles. The molecule has 1 fully saturated rings. The van der Waals surface area contributed by atoms with Crippen LogP contribution in [0.4, 0.5) is 10.5 Å². The fourth-order valence-corrected chi connectivity index (χ4v) is 4.52. The molecule has 4 rings (SSSR count). The first-order valence-electron chi connectivity index (χ1n) is 12.7. The van der Waals surface area contributed by atoms with Gasteiger partial charge >= 0.3 is 6.09 Å². The van der Waals surface area contributed by atoms with Crippen molar-refractivity contribution in [1.29, 1.82) is 5.26 Å². The van der Waals surface area contributed by atoms with E-state index in [4.69, 9.17) is 14.2 Å². The van der Waals surface area contributed by atoms with Gasteiger partial charge in [0.05, 0.1) is 43.2 Å². The zero-order chi connectivity index (χ0) is 25.3. The number of aryl methyl sites for hydroxylation is 1. The largest absolute Gasteiger partial charge is 0.493 e. The molecule has 0 radical (unpaired) electrons. The van der Waals surface area contributed by atoms with E-state index in [1.54, 1.807) is 0 Å². The SMILES string of the molecule is CCCOC(=O)Nc1ccc(-c2c(C#N)c3ccc(OCCCN4CCOCC4)cc3n2CC)cc1. The third-order valence-electron chi connectivity index (χ3n) is 6.30. The van der Waals surface area contributed by atoms with Crippen LogP contribution >= 0.6 is 0 Å². The molecule has 1 amide bonds. The van der Waals surface area contributed by atoms with Crippen molar-refractivity contribution in [1.82, 2.24) is 9.47 Å². The van der Waals surface area contributed by atoms with Crippen LogP contribution in [0.1, 0.15) is 32.3 Å². The van der Waals surface area contributed by atoms with Gasteiger partial charge in [-0.1, -0.05) is 19.1 Å². The first-order chi connectivity index (χ1) is 17.6. The lowest BCUT2D eigenvalue weighted by molar-refractivity contribution is 0.0358. The van der Waals surface area contributed by atoms with Gasteiger partial charge < -0.3 is 18.8 Å². The van der Waals surface area contributed by atoms with E-state index in [0.29, 0.717) is 31.0 Å². The smallest absolute Gasteiger partial charge is 0.411 e. The number of nitriles is 1. The second-order valence-electron chi connectivity index (χ2n) is 8.75. The van der Waals surface area contributed by atoms with Gasteiger partial charge in [-0.3, -0.25) is 10.2 Å². The summed E-state index contributed by atoms with van der Waals surface area (Å²) in [5.41, 5.74) is 4.02. The molecule has 0 unspecified atom stereocenters. The van der Waals surface area contributed by atoms with Crippen molar-refractivity contribution >= 4 is 22.7 Å². The summed E-state index contributed by atoms with van der Waals surface area (Å²) in [6, 6.07) is 15.8. The van der Waals surface area contributed by atoms with E-state index in [1.807, 2.05) is 49.4 Å². The second kappa shape index (κ2) is 12.4. The number of morpholine rings is 1. The van der Waals surface area contributed by atoms with Crippen LogP contribution in [0.3, 0.4) is 0 Å². The highest BCUT2D eigenvalue weighted by molar-refractivity contribution is 5.95. The number of carbonyl (C=O) groups excluding carboxylic acids is 1. The van der Waals surface area contributed by atoms with Crippen molar-refractivity contribution in [2.75, 3.05) is 51.4 Å². The van der Waals surface area contributed by atoms with Gasteiger partial charge in [0.1, 0.15) is 11.8 Å². The number of aromatic nitrogens is 1. The van der Waals surface area contributed by atoms with Crippen molar-refractivity contribution in [3.05, 3.63) is 48.0 Å². The number of benzene rings is 2. The number of ether oxygens (including phenoxy) is 3. The summed E-state index contributed by atoms with van der Waals surface area (Å²) >= 11 is 0. The van der Waals surface area contributed by atoms with E-state index in [-0.39, 0.29) is 0 Å². The van der Waals surface area contributed by atoms with Gasteiger partial charge in [0.2, 0.25) is 0 Å². The Labute approximate surface area is 212 Å². The highest BCUT2D eigenvalue weighted by Crippen LogP contribution is 2.35. The monoisotopic (exact) mass is 490 g/mol. The molecule has 0 atom stereocenters. The number of hydrogen-bond donors (Lipinski definition) is 1. The zero-order valence-corrected chi connectivity index (χ0v) is 21.1. The normalized spacial score (nSPS) is 13.9. The Morgan fingerprint density at radius 2 is 1.89 bits per heavy atom. The summed E-state index contributed by atoms with van der Waals surface area (Å²) in [5, 5.41) is 13.7. The Hall–Kier alpha value is -3.54. The first-order valence-corrected chi connectivity index (χ1v) is 12.7. The van der Waals surface area contributed by atoms with Crippen LogP contribution in [-0.4, -0.2) is 61.6 Å². The summed E-state index contributed by atoms with van der Waals surface area (Å²) in [6.07, 6.45) is 1.25. The van der Waals surface area contributed by atoms with Crippen LogP contribution in [-0.2, 0) is 16.0 Å². The first kappa shape index (κ1) is 25.5. The highest BCUT2D eigenvalue weighted by Gasteiger charge is 2.19. The number of fused-ring (bicyclic) bond motifs is 1. The van der Waals surface area contributed by atoms with Crippen LogP contribution < -0.4 is 10.1 Å². The molecule has 190 valence electrons. The van der Waals surface area contributed by atoms with E-state index in [2.05, 4.69) is 27.8 Å². The predicted molar refractivity (Wildman–Crippen MR) is 140 cm³/mol. The van der Waals surface area contributed by atoms with Crippen LogP contribution in [0.15, 0.2) is 42.5 Å². The number of nitrogens with one attached hydrogen (secondary N) is 1. The average molecular weight is 491 g/mol. The lowest BCUT2D eigenvalue weighted by Gasteiger charge is -2.26. The molecule has 1 aliphatic rings. The average Bonchev–Trinajstić information content (AvgIpc) is 3.23. The molecular weight excluding hydrogens is 456 g/mol.